The Balaban J connectivity index is 1.84. The van der Waals surface area contributed by atoms with Gasteiger partial charge >= 0.3 is 0 Å². The number of nitrogens with one attached hydrogen (secondary N) is 1. The Morgan fingerprint density at radius 1 is 0.864 bits per heavy atom. The zero-order chi connectivity index (χ0) is 15.2. The molecule has 4 nitrogen and oxygen atoms in total. The van der Waals surface area contributed by atoms with E-state index in [1.165, 1.54) is 11.1 Å². The number of hydrogen-bond donors (Lipinski definition) is 1. The molecule has 0 bridgehead atoms. The molecule has 4 heteroatoms. The molecule has 0 aliphatic rings. The highest BCUT2D eigenvalue weighted by Gasteiger charge is 2.14. The number of nitrogens with zero attached hydrogens (tertiary/aromatic N) is 3. The van der Waals surface area contributed by atoms with Crippen LogP contribution in [0.5, 0.6) is 0 Å². The third kappa shape index (κ3) is 3.67. The summed E-state index contributed by atoms with van der Waals surface area (Å²) in [6.07, 6.45) is 6.11. The van der Waals surface area contributed by atoms with Gasteiger partial charge in [0, 0.05) is 18.6 Å². The maximum absolute atomic E-state index is 4.47. The molecule has 1 aromatic carbocycles. The molecule has 2 aromatic heterocycles. The van der Waals surface area contributed by atoms with Crippen molar-refractivity contribution in [1.82, 2.24) is 15.0 Å². The molecule has 1 unspecified atom stereocenters. The van der Waals surface area contributed by atoms with Gasteiger partial charge in [0.05, 0.1) is 11.7 Å². The minimum Gasteiger partial charge on any atom is -0.346 e. The lowest BCUT2D eigenvalue weighted by molar-refractivity contribution is 0.735. The lowest BCUT2D eigenvalue weighted by Crippen LogP contribution is -2.16. The summed E-state index contributed by atoms with van der Waals surface area (Å²) in [4.78, 5) is 13.0. The molecular weight excluding hydrogens is 272 g/mol. The number of aryl methyl sites for hydroxylation is 1. The van der Waals surface area contributed by atoms with Crippen molar-refractivity contribution in [3.8, 4) is 0 Å². The minimum absolute atomic E-state index is 0.0336. The summed E-state index contributed by atoms with van der Waals surface area (Å²) in [7, 11) is 0. The number of hydrogen-bond acceptors (Lipinski definition) is 4. The summed E-state index contributed by atoms with van der Waals surface area (Å²) in [6, 6.07) is 16.3. The SMILES string of the molecule is Cc1ccc(CC(Nc2ncccn2)c2ccccn2)cc1. The van der Waals surface area contributed by atoms with Crippen molar-refractivity contribution >= 4 is 5.95 Å². The van der Waals surface area contributed by atoms with Crippen molar-refractivity contribution in [2.45, 2.75) is 19.4 Å². The first-order chi connectivity index (χ1) is 10.8. The fourth-order valence-electron chi connectivity index (χ4n) is 2.30. The molecule has 2 heterocycles. The van der Waals surface area contributed by atoms with Crippen molar-refractivity contribution in [3.63, 3.8) is 0 Å². The van der Waals surface area contributed by atoms with Crippen molar-refractivity contribution in [2.24, 2.45) is 0 Å². The Labute approximate surface area is 130 Å². The van der Waals surface area contributed by atoms with E-state index in [1.807, 2.05) is 24.4 Å². The van der Waals surface area contributed by atoms with Crippen LogP contribution >= 0.6 is 0 Å². The van der Waals surface area contributed by atoms with Crippen LogP contribution in [0.3, 0.4) is 0 Å². The van der Waals surface area contributed by atoms with E-state index in [-0.39, 0.29) is 6.04 Å². The van der Waals surface area contributed by atoms with Crippen molar-refractivity contribution < 1.29 is 0 Å². The molecule has 22 heavy (non-hydrogen) atoms. The highest BCUT2D eigenvalue weighted by molar-refractivity contribution is 5.31. The Morgan fingerprint density at radius 3 is 2.27 bits per heavy atom. The van der Waals surface area contributed by atoms with E-state index in [4.69, 9.17) is 0 Å². The van der Waals surface area contributed by atoms with Crippen molar-refractivity contribution in [1.29, 1.82) is 0 Å². The molecule has 3 rings (SSSR count). The Morgan fingerprint density at radius 2 is 1.59 bits per heavy atom. The van der Waals surface area contributed by atoms with Gasteiger partial charge in [-0.15, -0.1) is 0 Å². The van der Waals surface area contributed by atoms with E-state index < -0.39 is 0 Å². The predicted octanol–water partition coefficient (Wildman–Crippen LogP) is 3.58. The molecule has 1 atom stereocenters. The van der Waals surface area contributed by atoms with E-state index in [2.05, 4.69) is 51.5 Å². The normalized spacial score (nSPS) is 11.9. The summed E-state index contributed by atoms with van der Waals surface area (Å²) < 4.78 is 0. The van der Waals surface area contributed by atoms with Crippen LogP contribution in [-0.2, 0) is 6.42 Å². The second kappa shape index (κ2) is 6.80. The van der Waals surface area contributed by atoms with E-state index in [0.29, 0.717) is 5.95 Å². The molecule has 0 amide bonds. The molecular formula is C18H18N4. The molecule has 110 valence electrons. The monoisotopic (exact) mass is 290 g/mol. The van der Waals surface area contributed by atoms with Gasteiger partial charge in [-0.05, 0) is 37.1 Å². The first-order valence-electron chi connectivity index (χ1n) is 7.31. The van der Waals surface area contributed by atoms with Gasteiger partial charge in [-0.25, -0.2) is 9.97 Å². The van der Waals surface area contributed by atoms with Gasteiger partial charge in [-0.2, -0.15) is 0 Å². The maximum Gasteiger partial charge on any atom is 0.223 e. The van der Waals surface area contributed by atoms with Crippen molar-refractivity contribution in [2.75, 3.05) is 5.32 Å². The van der Waals surface area contributed by atoms with Crippen LogP contribution in [0, 0.1) is 6.92 Å². The van der Waals surface area contributed by atoms with Crippen LogP contribution in [0.2, 0.25) is 0 Å². The number of aromatic nitrogens is 3. The summed E-state index contributed by atoms with van der Waals surface area (Å²) >= 11 is 0. The summed E-state index contributed by atoms with van der Waals surface area (Å²) in [6.45, 7) is 2.09. The quantitative estimate of drug-likeness (QED) is 0.780. The second-order valence-corrected chi connectivity index (χ2v) is 5.21. The van der Waals surface area contributed by atoms with E-state index in [0.717, 1.165) is 12.1 Å². The van der Waals surface area contributed by atoms with Gasteiger partial charge in [-0.3, -0.25) is 4.98 Å². The minimum atomic E-state index is 0.0336. The molecule has 3 aromatic rings. The molecule has 0 aliphatic heterocycles. The first kappa shape index (κ1) is 14.2. The highest BCUT2D eigenvalue weighted by Crippen LogP contribution is 2.20. The van der Waals surface area contributed by atoms with Gasteiger partial charge < -0.3 is 5.32 Å². The zero-order valence-corrected chi connectivity index (χ0v) is 12.5. The third-order valence-corrected chi connectivity index (χ3v) is 3.47. The summed E-state index contributed by atoms with van der Waals surface area (Å²) in [5.74, 6) is 0.616. The molecule has 0 aliphatic carbocycles. The van der Waals surface area contributed by atoms with Gasteiger partial charge in [0.2, 0.25) is 5.95 Å². The zero-order valence-electron chi connectivity index (χ0n) is 12.5. The number of benzene rings is 1. The smallest absolute Gasteiger partial charge is 0.223 e. The van der Waals surface area contributed by atoms with E-state index >= 15 is 0 Å². The predicted molar refractivity (Wildman–Crippen MR) is 87.5 cm³/mol. The average Bonchev–Trinajstić information content (AvgIpc) is 2.58. The molecule has 0 saturated carbocycles. The van der Waals surface area contributed by atoms with E-state index in [1.54, 1.807) is 18.5 Å². The second-order valence-electron chi connectivity index (χ2n) is 5.21. The topological polar surface area (TPSA) is 50.7 Å². The van der Waals surface area contributed by atoms with Crippen LogP contribution in [0.1, 0.15) is 22.9 Å². The van der Waals surface area contributed by atoms with Crippen LogP contribution in [0.4, 0.5) is 5.95 Å². The third-order valence-electron chi connectivity index (χ3n) is 3.47. The molecule has 0 saturated heterocycles. The lowest BCUT2D eigenvalue weighted by atomic mass is 10.0. The maximum atomic E-state index is 4.47. The van der Waals surface area contributed by atoms with Crippen LogP contribution in [0.15, 0.2) is 67.1 Å². The Hall–Kier alpha value is -2.75. The first-order valence-corrected chi connectivity index (χ1v) is 7.31. The molecule has 0 radical (unpaired) electrons. The fraction of sp³-hybridized carbons (Fsp3) is 0.167. The van der Waals surface area contributed by atoms with E-state index in [9.17, 15) is 0 Å². The number of pyridine rings is 1. The fourth-order valence-corrected chi connectivity index (χ4v) is 2.30. The van der Waals surface area contributed by atoms with Gasteiger partial charge in [0.15, 0.2) is 0 Å². The standard InChI is InChI=1S/C18H18N4/c1-14-6-8-15(9-7-14)13-17(16-5-2-3-10-19-16)22-18-20-11-4-12-21-18/h2-12,17H,13H2,1H3,(H,20,21,22). The Bertz CT molecular complexity index is 696. The van der Waals surface area contributed by atoms with Gasteiger partial charge in [0.25, 0.3) is 0 Å². The lowest BCUT2D eigenvalue weighted by Gasteiger charge is -2.18. The molecule has 0 spiro atoms. The van der Waals surface area contributed by atoms with Crippen LogP contribution in [0.25, 0.3) is 0 Å². The summed E-state index contributed by atoms with van der Waals surface area (Å²) in [5.41, 5.74) is 3.50. The molecule has 1 N–H and O–H groups in total. The Kier molecular flexibility index (Phi) is 4.39. The number of rotatable bonds is 5. The molecule has 0 fully saturated rings. The van der Waals surface area contributed by atoms with Crippen LogP contribution < -0.4 is 5.32 Å². The van der Waals surface area contributed by atoms with Gasteiger partial charge in [-0.1, -0.05) is 35.9 Å². The average molecular weight is 290 g/mol. The highest BCUT2D eigenvalue weighted by atomic mass is 15.1. The van der Waals surface area contributed by atoms with Gasteiger partial charge in [0.1, 0.15) is 0 Å². The summed E-state index contributed by atoms with van der Waals surface area (Å²) in [5, 5.41) is 3.37. The number of anilines is 1. The van der Waals surface area contributed by atoms with Crippen molar-refractivity contribution in [3.05, 3.63) is 83.9 Å². The largest absolute Gasteiger partial charge is 0.346 e. The van der Waals surface area contributed by atoms with Crippen LogP contribution in [-0.4, -0.2) is 15.0 Å².